The molecular formula is C18H21N3O3. The van der Waals surface area contributed by atoms with Crippen molar-refractivity contribution in [2.45, 2.75) is 13.8 Å². The zero-order valence-electron chi connectivity index (χ0n) is 14.0. The Balaban J connectivity index is 1.97. The lowest BCUT2D eigenvalue weighted by Gasteiger charge is -2.09. The normalized spacial score (nSPS) is 10.5. The Morgan fingerprint density at radius 2 is 2.00 bits per heavy atom. The molecule has 2 rings (SSSR count). The average Bonchev–Trinajstić information content (AvgIpc) is 2.57. The van der Waals surface area contributed by atoms with Crippen LogP contribution in [0.15, 0.2) is 47.6 Å². The van der Waals surface area contributed by atoms with Gasteiger partial charge in [0.2, 0.25) is 0 Å². The van der Waals surface area contributed by atoms with E-state index >= 15 is 0 Å². The molecule has 0 saturated carbocycles. The fourth-order valence-corrected chi connectivity index (χ4v) is 2.07. The minimum atomic E-state index is -0.404. The van der Waals surface area contributed by atoms with Gasteiger partial charge in [-0.25, -0.2) is 10.2 Å². The van der Waals surface area contributed by atoms with E-state index in [1.165, 1.54) is 0 Å². The number of hydrazone groups is 1. The topological polar surface area (TPSA) is 72.0 Å². The Bertz CT molecular complexity index is 729. The Morgan fingerprint density at radius 3 is 2.71 bits per heavy atom. The molecule has 0 aliphatic rings. The number of carbonyl (C=O) groups excluding carboxylic acids is 1. The number of nitrogens with one attached hydrogen (secondary N) is 2. The summed E-state index contributed by atoms with van der Waals surface area (Å²) in [4.78, 5) is 11.8. The molecule has 2 N–H and O–H groups in total. The van der Waals surface area contributed by atoms with Crippen LogP contribution in [-0.4, -0.2) is 26.0 Å². The molecule has 0 aliphatic carbocycles. The maximum absolute atomic E-state index is 11.8. The van der Waals surface area contributed by atoms with E-state index < -0.39 is 6.03 Å². The van der Waals surface area contributed by atoms with E-state index in [9.17, 15) is 4.79 Å². The van der Waals surface area contributed by atoms with Gasteiger partial charge in [0.15, 0.2) is 11.5 Å². The number of urea groups is 1. The summed E-state index contributed by atoms with van der Waals surface area (Å²) in [6.45, 7) is 4.36. The van der Waals surface area contributed by atoms with Crippen LogP contribution in [0.4, 0.5) is 10.5 Å². The van der Waals surface area contributed by atoms with Gasteiger partial charge in [0, 0.05) is 5.69 Å². The molecule has 0 aromatic heterocycles. The zero-order chi connectivity index (χ0) is 17.4. The molecule has 2 aromatic rings. The molecule has 2 amide bonds. The van der Waals surface area contributed by atoms with Gasteiger partial charge in [0.25, 0.3) is 0 Å². The lowest BCUT2D eigenvalue weighted by Crippen LogP contribution is -2.24. The van der Waals surface area contributed by atoms with Crippen LogP contribution < -0.4 is 20.2 Å². The molecule has 0 fully saturated rings. The Morgan fingerprint density at radius 1 is 1.21 bits per heavy atom. The molecule has 2 aromatic carbocycles. The number of amides is 2. The van der Waals surface area contributed by atoms with Gasteiger partial charge in [-0.2, -0.15) is 5.10 Å². The number of ether oxygens (including phenoxy) is 2. The molecule has 0 unspecified atom stereocenters. The monoisotopic (exact) mass is 327 g/mol. The first-order valence-corrected chi connectivity index (χ1v) is 7.60. The van der Waals surface area contributed by atoms with Gasteiger partial charge in [-0.3, -0.25) is 0 Å². The van der Waals surface area contributed by atoms with Gasteiger partial charge in [-0.1, -0.05) is 18.2 Å². The molecule has 24 heavy (non-hydrogen) atoms. The molecule has 0 saturated heterocycles. The molecule has 0 aliphatic heterocycles. The number of benzene rings is 2. The van der Waals surface area contributed by atoms with Crippen LogP contribution >= 0.6 is 0 Å². The van der Waals surface area contributed by atoms with Crippen LogP contribution in [0.5, 0.6) is 11.5 Å². The number of para-hydroxylation sites is 1. The van der Waals surface area contributed by atoms with E-state index in [0.717, 1.165) is 16.8 Å². The van der Waals surface area contributed by atoms with Crippen LogP contribution in [0.3, 0.4) is 0 Å². The molecule has 6 heteroatoms. The van der Waals surface area contributed by atoms with Gasteiger partial charge in [-0.05, 0) is 49.2 Å². The minimum absolute atomic E-state index is 0.404. The van der Waals surface area contributed by atoms with Crippen molar-refractivity contribution in [1.29, 1.82) is 0 Å². The number of anilines is 1. The third-order valence-electron chi connectivity index (χ3n) is 3.26. The highest BCUT2D eigenvalue weighted by molar-refractivity contribution is 5.91. The number of aryl methyl sites for hydroxylation is 1. The fraction of sp³-hybridized carbons (Fsp3) is 0.222. The third-order valence-corrected chi connectivity index (χ3v) is 3.26. The van der Waals surface area contributed by atoms with Gasteiger partial charge in [-0.15, -0.1) is 0 Å². The maximum Gasteiger partial charge on any atom is 0.339 e. The summed E-state index contributed by atoms with van der Waals surface area (Å²) in [5.41, 5.74) is 4.95. The number of rotatable bonds is 6. The number of carbonyl (C=O) groups is 1. The van der Waals surface area contributed by atoms with E-state index in [1.54, 1.807) is 25.5 Å². The summed E-state index contributed by atoms with van der Waals surface area (Å²) in [7, 11) is 1.59. The van der Waals surface area contributed by atoms with Crippen LogP contribution in [0.1, 0.15) is 18.1 Å². The van der Waals surface area contributed by atoms with Crippen molar-refractivity contribution >= 4 is 17.9 Å². The van der Waals surface area contributed by atoms with Gasteiger partial charge in [0.05, 0.1) is 19.9 Å². The molecule has 0 bridgehead atoms. The van der Waals surface area contributed by atoms with Gasteiger partial charge < -0.3 is 14.8 Å². The number of hydrogen-bond acceptors (Lipinski definition) is 4. The predicted molar refractivity (Wildman–Crippen MR) is 95.1 cm³/mol. The summed E-state index contributed by atoms with van der Waals surface area (Å²) in [5.74, 6) is 1.28. The minimum Gasteiger partial charge on any atom is -0.493 e. The van der Waals surface area contributed by atoms with Crippen molar-refractivity contribution in [1.82, 2.24) is 5.43 Å². The largest absolute Gasteiger partial charge is 0.493 e. The lowest BCUT2D eigenvalue weighted by molar-refractivity contribution is 0.252. The molecule has 6 nitrogen and oxygen atoms in total. The smallest absolute Gasteiger partial charge is 0.339 e. The summed E-state index contributed by atoms with van der Waals surface area (Å²) in [6, 6.07) is 12.5. The number of methoxy groups -OCH3 is 1. The third kappa shape index (κ3) is 4.74. The van der Waals surface area contributed by atoms with E-state index in [2.05, 4.69) is 15.8 Å². The zero-order valence-corrected chi connectivity index (χ0v) is 14.0. The quantitative estimate of drug-likeness (QED) is 0.629. The average molecular weight is 327 g/mol. The first-order valence-electron chi connectivity index (χ1n) is 7.60. The molecule has 0 spiro atoms. The standard InChI is InChI=1S/C18H21N3O3/c1-4-24-17-11-14(9-10-16(17)23-3)12-19-21-18(22)20-15-8-6-5-7-13(15)2/h5-12H,4H2,1-3H3,(H2,20,21,22)/b19-12-. The Labute approximate surface area is 141 Å². The fourth-order valence-electron chi connectivity index (χ4n) is 2.07. The summed E-state index contributed by atoms with van der Waals surface area (Å²) < 4.78 is 10.7. The number of hydrogen-bond donors (Lipinski definition) is 2. The highest BCUT2D eigenvalue weighted by Crippen LogP contribution is 2.27. The Hall–Kier alpha value is -3.02. The summed E-state index contributed by atoms with van der Waals surface area (Å²) >= 11 is 0. The molecule has 126 valence electrons. The second-order valence-electron chi connectivity index (χ2n) is 4.98. The predicted octanol–water partition coefficient (Wildman–Crippen LogP) is 3.56. The number of nitrogens with zero attached hydrogens (tertiary/aromatic N) is 1. The summed E-state index contributed by atoms with van der Waals surface area (Å²) in [5, 5.41) is 6.68. The molecular weight excluding hydrogens is 306 g/mol. The second-order valence-corrected chi connectivity index (χ2v) is 4.98. The van der Waals surface area contributed by atoms with Crippen LogP contribution in [0, 0.1) is 6.92 Å². The maximum atomic E-state index is 11.8. The van der Waals surface area contributed by atoms with Crippen LogP contribution in [0.25, 0.3) is 0 Å². The lowest BCUT2D eigenvalue weighted by atomic mass is 10.2. The van der Waals surface area contributed by atoms with E-state index in [1.807, 2.05) is 44.2 Å². The van der Waals surface area contributed by atoms with Gasteiger partial charge in [0.1, 0.15) is 0 Å². The first kappa shape index (κ1) is 17.3. The highest BCUT2D eigenvalue weighted by Gasteiger charge is 2.05. The highest BCUT2D eigenvalue weighted by atomic mass is 16.5. The van der Waals surface area contributed by atoms with E-state index in [4.69, 9.17) is 9.47 Å². The summed E-state index contributed by atoms with van der Waals surface area (Å²) in [6.07, 6.45) is 1.54. The van der Waals surface area contributed by atoms with Crippen LogP contribution in [0.2, 0.25) is 0 Å². The van der Waals surface area contributed by atoms with E-state index in [-0.39, 0.29) is 0 Å². The molecule has 0 radical (unpaired) electrons. The molecule has 0 atom stereocenters. The van der Waals surface area contributed by atoms with Crippen molar-refractivity contribution in [2.75, 3.05) is 19.0 Å². The van der Waals surface area contributed by atoms with Crippen molar-refractivity contribution < 1.29 is 14.3 Å². The Kier molecular flexibility index (Phi) is 6.19. The van der Waals surface area contributed by atoms with Crippen molar-refractivity contribution in [3.05, 3.63) is 53.6 Å². The van der Waals surface area contributed by atoms with Crippen molar-refractivity contribution in [3.8, 4) is 11.5 Å². The van der Waals surface area contributed by atoms with Gasteiger partial charge >= 0.3 is 6.03 Å². The van der Waals surface area contributed by atoms with Crippen LogP contribution in [-0.2, 0) is 0 Å². The first-order chi connectivity index (χ1) is 11.6. The van der Waals surface area contributed by atoms with Crippen molar-refractivity contribution in [2.24, 2.45) is 5.10 Å². The van der Waals surface area contributed by atoms with E-state index in [0.29, 0.717) is 18.1 Å². The SMILES string of the molecule is CCOc1cc(/C=N\NC(=O)Nc2ccccc2C)ccc1OC. The second kappa shape index (κ2) is 8.57. The van der Waals surface area contributed by atoms with Crippen molar-refractivity contribution in [3.63, 3.8) is 0 Å². The molecule has 0 heterocycles.